The summed E-state index contributed by atoms with van der Waals surface area (Å²) in [5.74, 6) is -0.648. The van der Waals surface area contributed by atoms with Gasteiger partial charge in [-0.05, 0) is 18.2 Å². The van der Waals surface area contributed by atoms with Crippen LogP contribution in [0.15, 0.2) is 70.5 Å². The molecule has 0 atom stereocenters. The number of carbonyl (C=O) groups is 1. The van der Waals surface area contributed by atoms with Crippen molar-refractivity contribution in [3.05, 3.63) is 98.8 Å². The first kappa shape index (κ1) is 19.2. The highest BCUT2D eigenvalue weighted by molar-refractivity contribution is 5.76. The highest BCUT2D eigenvalue weighted by Gasteiger charge is 2.17. The summed E-state index contributed by atoms with van der Waals surface area (Å²) in [4.78, 5) is 43.6. The number of hydrogen-bond donors (Lipinski definition) is 1. The molecule has 2 aromatic heterocycles. The molecule has 0 radical (unpaired) electrons. The Hall–Kier alpha value is -3.55. The van der Waals surface area contributed by atoms with Gasteiger partial charge in [0.1, 0.15) is 5.82 Å². The fourth-order valence-electron chi connectivity index (χ4n) is 2.75. The number of pyridine rings is 1. The molecule has 0 bridgehead atoms. The van der Waals surface area contributed by atoms with E-state index in [1.807, 2.05) is 6.07 Å². The Balaban J connectivity index is 1.76. The predicted octanol–water partition coefficient (Wildman–Crippen LogP) is 1.69. The normalized spacial score (nSPS) is 10.6. The number of aryl methyl sites for hydroxylation is 1. The molecule has 7 nitrogen and oxygen atoms in total. The molecule has 0 aliphatic heterocycles. The Labute approximate surface area is 160 Å². The average Bonchev–Trinajstić information content (AvgIpc) is 2.69. The van der Waals surface area contributed by atoms with Gasteiger partial charge in [-0.15, -0.1) is 0 Å². The Morgan fingerprint density at radius 3 is 2.57 bits per heavy atom. The van der Waals surface area contributed by atoms with Gasteiger partial charge in [0, 0.05) is 43.5 Å². The number of H-pyrrole nitrogens is 1. The molecular formula is C20H19FN4O3. The molecule has 0 saturated heterocycles. The number of nitrogens with one attached hydrogen (secondary N) is 1. The van der Waals surface area contributed by atoms with Crippen LogP contribution in [0.2, 0.25) is 0 Å². The van der Waals surface area contributed by atoms with Gasteiger partial charge in [0.05, 0.1) is 12.2 Å². The van der Waals surface area contributed by atoms with Crippen molar-refractivity contribution in [3.8, 4) is 0 Å². The zero-order valence-corrected chi connectivity index (χ0v) is 15.0. The summed E-state index contributed by atoms with van der Waals surface area (Å²) in [6.45, 7) is 0.404. The molecule has 28 heavy (non-hydrogen) atoms. The number of aromatic amines is 1. The molecule has 0 spiro atoms. The third kappa shape index (κ3) is 5.00. The van der Waals surface area contributed by atoms with Gasteiger partial charge in [-0.25, -0.2) is 9.18 Å². The molecule has 0 fully saturated rings. The van der Waals surface area contributed by atoms with E-state index in [4.69, 9.17) is 0 Å². The van der Waals surface area contributed by atoms with Crippen molar-refractivity contribution in [3.63, 3.8) is 0 Å². The van der Waals surface area contributed by atoms with Crippen molar-refractivity contribution in [2.75, 3.05) is 0 Å². The van der Waals surface area contributed by atoms with Crippen molar-refractivity contribution >= 4 is 5.91 Å². The lowest BCUT2D eigenvalue weighted by atomic mass is 10.2. The van der Waals surface area contributed by atoms with Crippen LogP contribution in [0.25, 0.3) is 0 Å². The zero-order chi connectivity index (χ0) is 19.9. The van der Waals surface area contributed by atoms with Gasteiger partial charge in [0.25, 0.3) is 5.56 Å². The van der Waals surface area contributed by atoms with Crippen LogP contribution in [0, 0.1) is 5.82 Å². The van der Waals surface area contributed by atoms with Gasteiger partial charge in [0.2, 0.25) is 5.91 Å². The largest absolute Gasteiger partial charge is 0.332 e. The second-order valence-electron chi connectivity index (χ2n) is 6.22. The number of amides is 1. The minimum atomic E-state index is -0.578. The van der Waals surface area contributed by atoms with Crippen molar-refractivity contribution in [2.45, 2.75) is 26.1 Å². The van der Waals surface area contributed by atoms with E-state index in [0.29, 0.717) is 11.3 Å². The average molecular weight is 382 g/mol. The van der Waals surface area contributed by atoms with Crippen LogP contribution in [0.4, 0.5) is 4.39 Å². The maximum absolute atomic E-state index is 14.1. The number of halogens is 1. The second kappa shape index (κ2) is 8.90. The lowest BCUT2D eigenvalue weighted by Gasteiger charge is -2.23. The smallest absolute Gasteiger partial charge is 0.328 e. The molecule has 144 valence electrons. The maximum Gasteiger partial charge on any atom is 0.328 e. The van der Waals surface area contributed by atoms with Gasteiger partial charge in [-0.3, -0.25) is 19.6 Å². The molecule has 1 N–H and O–H groups in total. The first-order valence-corrected chi connectivity index (χ1v) is 8.74. The third-order valence-corrected chi connectivity index (χ3v) is 4.21. The molecule has 0 unspecified atom stereocenters. The van der Waals surface area contributed by atoms with Crippen molar-refractivity contribution in [1.82, 2.24) is 19.4 Å². The van der Waals surface area contributed by atoms with E-state index in [0.717, 1.165) is 0 Å². The van der Waals surface area contributed by atoms with Crippen LogP contribution < -0.4 is 11.2 Å². The number of nitrogens with zero attached hydrogens (tertiary/aromatic N) is 3. The second-order valence-corrected chi connectivity index (χ2v) is 6.22. The SMILES string of the molecule is O=C(CCn1ccc(=O)[nH]c1=O)N(Cc1ccccn1)Cc1ccccc1F. The van der Waals surface area contributed by atoms with Crippen LogP contribution in [0.3, 0.4) is 0 Å². The molecule has 2 heterocycles. The number of rotatable bonds is 7. The molecular weight excluding hydrogens is 363 g/mol. The summed E-state index contributed by atoms with van der Waals surface area (Å²) in [5, 5.41) is 0. The summed E-state index contributed by atoms with van der Waals surface area (Å²) in [7, 11) is 0. The van der Waals surface area contributed by atoms with Gasteiger partial charge in [-0.2, -0.15) is 0 Å². The Morgan fingerprint density at radius 1 is 1.07 bits per heavy atom. The highest BCUT2D eigenvalue weighted by atomic mass is 19.1. The molecule has 8 heteroatoms. The molecule has 3 rings (SSSR count). The molecule has 1 amide bonds. The van der Waals surface area contributed by atoms with E-state index >= 15 is 0 Å². The monoisotopic (exact) mass is 382 g/mol. The van der Waals surface area contributed by atoms with Gasteiger partial charge in [-0.1, -0.05) is 24.3 Å². The molecule has 1 aromatic carbocycles. The predicted molar refractivity (Wildman–Crippen MR) is 101 cm³/mol. The van der Waals surface area contributed by atoms with Crippen LogP contribution in [-0.2, 0) is 24.4 Å². The molecule has 0 aliphatic rings. The van der Waals surface area contributed by atoms with Gasteiger partial charge < -0.3 is 9.47 Å². The maximum atomic E-state index is 14.1. The van der Waals surface area contributed by atoms with Crippen molar-refractivity contribution in [1.29, 1.82) is 0 Å². The third-order valence-electron chi connectivity index (χ3n) is 4.21. The summed E-state index contributed by atoms with van der Waals surface area (Å²) in [6.07, 6.45) is 2.99. The summed E-state index contributed by atoms with van der Waals surface area (Å²) >= 11 is 0. The lowest BCUT2D eigenvalue weighted by molar-refractivity contribution is -0.132. The van der Waals surface area contributed by atoms with Crippen LogP contribution in [0.5, 0.6) is 0 Å². The number of carbonyl (C=O) groups excluding carboxylic acids is 1. The fraction of sp³-hybridized carbons (Fsp3) is 0.200. The van der Waals surface area contributed by atoms with Crippen LogP contribution in [-0.4, -0.2) is 25.3 Å². The molecule has 0 aliphatic carbocycles. The summed E-state index contributed by atoms with van der Waals surface area (Å²) in [5.41, 5.74) is -0.00373. The zero-order valence-electron chi connectivity index (χ0n) is 15.0. The van der Waals surface area contributed by atoms with E-state index in [1.165, 1.54) is 27.8 Å². The number of aromatic nitrogens is 3. The van der Waals surface area contributed by atoms with E-state index in [2.05, 4.69) is 9.97 Å². The van der Waals surface area contributed by atoms with Gasteiger partial charge >= 0.3 is 5.69 Å². The first-order valence-electron chi connectivity index (χ1n) is 8.74. The van der Waals surface area contributed by atoms with Gasteiger partial charge in [0.15, 0.2) is 0 Å². The van der Waals surface area contributed by atoms with Crippen molar-refractivity contribution < 1.29 is 9.18 Å². The van der Waals surface area contributed by atoms with E-state index in [9.17, 15) is 18.8 Å². The quantitative estimate of drug-likeness (QED) is 0.674. The first-order chi connectivity index (χ1) is 13.5. The van der Waals surface area contributed by atoms with E-state index in [-0.39, 0.29) is 32.0 Å². The Morgan fingerprint density at radius 2 is 1.86 bits per heavy atom. The standard InChI is InChI=1S/C20H19FN4O3/c21-17-7-2-1-5-15(17)13-25(14-16-6-3-4-10-22-16)19(27)9-12-24-11-8-18(26)23-20(24)28/h1-8,10-11H,9,12-14H2,(H,23,26,28). The van der Waals surface area contributed by atoms with Crippen LogP contribution >= 0.6 is 0 Å². The summed E-state index contributed by atoms with van der Waals surface area (Å²) < 4.78 is 15.3. The molecule has 0 saturated carbocycles. The fourth-order valence-corrected chi connectivity index (χ4v) is 2.75. The summed E-state index contributed by atoms with van der Waals surface area (Å²) in [6, 6.07) is 12.9. The minimum Gasteiger partial charge on any atom is -0.332 e. The van der Waals surface area contributed by atoms with Crippen molar-refractivity contribution in [2.24, 2.45) is 0 Å². The van der Waals surface area contributed by atoms with Crippen LogP contribution in [0.1, 0.15) is 17.7 Å². The number of benzene rings is 1. The Bertz CT molecular complexity index is 1060. The topological polar surface area (TPSA) is 88.1 Å². The highest BCUT2D eigenvalue weighted by Crippen LogP contribution is 2.13. The molecule has 3 aromatic rings. The van der Waals surface area contributed by atoms with E-state index in [1.54, 1.807) is 36.5 Å². The Kier molecular flexibility index (Phi) is 6.11. The lowest BCUT2D eigenvalue weighted by Crippen LogP contribution is -2.34. The minimum absolute atomic E-state index is 0.0211. The van der Waals surface area contributed by atoms with E-state index < -0.39 is 17.1 Å². The number of hydrogen-bond acceptors (Lipinski definition) is 4.